The third-order valence-electron chi connectivity index (χ3n) is 6.75. The highest BCUT2D eigenvalue weighted by atomic mass is 16.5. The highest BCUT2D eigenvalue weighted by molar-refractivity contribution is 5.92. The lowest BCUT2D eigenvalue weighted by molar-refractivity contribution is -0.131. The molecule has 1 aromatic rings. The molecule has 8 heteroatoms. The summed E-state index contributed by atoms with van der Waals surface area (Å²) in [5.74, 6) is 0.918. The van der Waals surface area contributed by atoms with Gasteiger partial charge >= 0.3 is 0 Å². The van der Waals surface area contributed by atoms with Crippen LogP contribution in [-0.2, 0) is 9.59 Å². The van der Waals surface area contributed by atoms with E-state index in [-0.39, 0.29) is 53.6 Å². The minimum absolute atomic E-state index is 0.0125. The summed E-state index contributed by atoms with van der Waals surface area (Å²) in [5.41, 5.74) is 7.14. The molecule has 6 unspecified atom stereocenters. The molecule has 33 heavy (non-hydrogen) atoms. The summed E-state index contributed by atoms with van der Waals surface area (Å²) in [6.07, 6.45) is 1.46. The van der Waals surface area contributed by atoms with E-state index in [1.165, 1.54) is 0 Å². The maximum absolute atomic E-state index is 13.4. The van der Waals surface area contributed by atoms with Crippen molar-refractivity contribution >= 4 is 17.6 Å². The Morgan fingerprint density at radius 2 is 2.03 bits per heavy atom. The number of nitrogens with one attached hydrogen (secondary N) is 3. The molecule has 0 saturated carbocycles. The van der Waals surface area contributed by atoms with Crippen LogP contribution in [0.1, 0.15) is 52.1 Å². The van der Waals surface area contributed by atoms with Crippen molar-refractivity contribution in [2.75, 3.05) is 20.2 Å². The minimum atomic E-state index is -0.342. The first-order valence-electron chi connectivity index (χ1n) is 12.0. The molecule has 0 aliphatic carbocycles. The molecule has 0 spiro atoms. The van der Waals surface area contributed by atoms with E-state index >= 15 is 0 Å². The second-order valence-corrected chi connectivity index (χ2v) is 9.76. The van der Waals surface area contributed by atoms with Crippen LogP contribution in [0.4, 0.5) is 0 Å². The predicted octanol–water partition coefficient (Wildman–Crippen LogP) is 2.00. The Hall–Kier alpha value is -2.61. The predicted molar refractivity (Wildman–Crippen MR) is 130 cm³/mol. The third kappa shape index (κ3) is 6.05. The number of amides is 2. The number of piperidine rings is 1. The summed E-state index contributed by atoms with van der Waals surface area (Å²) in [7, 11) is 1.64. The van der Waals surface area contributed by atoms with Gasteiger partial charge in [-0.3, -0.25) is 14.6 Å². The lowest BCUT2D eigenvalue weighted by Crippen LogP contribution is -2.53. The van der Waals surface area contributed by atoms with Crippen LogP contribution in [0.25, 0.3) is 0 Å². The van der Waals surface area contributed by atoms with Crippen molar-refractivity contribution in [1.29, 1.82) is 0 Å². The number of hydrogen-bond donors (Lipinski definition) is 4. The standard InChI is InChI=1S/C25H39N5O3/c1-14(2)28-23-20(12-26)19(11-22(30-23)17-7-6-8-18(10-17)33-5)24(31)27-13-21-15(3)9-16(4)29-25(21)32/h6-8,10,14-16,19-22H,9,11-13,26H2,1-5H3,(H,27,31)(H,28,30)(H,29,32). The summed E-state index contributed by atoms with van der Waals surface area (Å²) in [6.45, 7) is 8.83. The number of rotatable bonds is 7. The van der Waals surface area contributed by atoms with Gasteiger partial charge in [-0.25, -0.2) is 0 Å². The van der Waals surface area contributed by atoms with Gasteiger partial charge in [-0.05, 0) is 57.2 Å². The van der Waals surface area contributed by atoms with Gasteiger partial charge in [0.05, 0.1) is 25.0 Å². The molecule has 2 aliphatic heterocycles. The quantitative estimate of drug-likeness (QED) is 0.500. The molecule has 182 valence electrons. The van der Waals surface area contributed by atoms with Crippen molar-refractivity contribution in [2.45, 2.75) is 58.7 Å². The van der Waals surface area contributed by atoms with Gasteiger partial charge in [-0.2, -0.15) is 0 Å². The molecule has 6 atom stereocenters. The highest BCUT2D eigenvalue weighted by Gasteiger charge is 2.39. The van der Waals surface area contributed by atoms with Gasteiger partial charge in [-0.15, -0.1) is 0 Å². The SMILES string of the molecule is COc1cccc(C2CC(C(=O)NCC3C(=O)NC(C)CC3C)C(CN)C(NC(C)C)=N2)c1. The largest absolute Gasteiger partial charge is 0.497 e. The highest BCUT2D eigenvalue weighted by Crippen LogP contribution is 2.36. The van der Waals surface area contributed by atoms with Gasteiger partial charge in [-0.1, -0.05) is 19.1 Å². The number of amidine groups is 1. The summed E-state index contributed by atoms with van der Waals surface area (Å²) < 4.78 is 5.39. The smallest absolute Gasteiger partial charge is 0.225 e. The molecule has 5 N–H and O–H groups in total. The van der Waals surface area contributed by atoms with Gasteiger partial charge in [0.25, 0.3) is 0 Å². The first-order valence-corrected chi connectivity index (χ1v) is 12.0. The maximum Gasteiger partial charge on any atom is 0.225 e. The molecule has 8 nitrogen and oxygen atoms in total. The first-order chi connectivity index (χ1) is 15.7. The number of carbonyl (C=O) groups excluding carboxylic acids is 2. The molecule has 1 fully saturated rings. The van der Waals surface area contributed by atoms with Gasteiger partial charge in [0, 0.05) is 31.1 Å². The summed E-state index contributed by atoms with van der Waals surface area (Å²) in [5, 5.41) is 9.48. The zero-order valence-corrected chi connectivity index (χ0v) is 20.4. The van der Waals surface area contributed by atoms with Crippen LogP contribution in [-0.4, -0.2) is 49.9 Å². The number of nitrogens with two attached hydrogens (primary N) is 1. The molecule has 0 bridgehead atoms. The van der Waals surface area contributed by atoms with Crippen LogP contribution in [0.3, 0.4) is 0 Å². The molecule has 0 aromatic heterocycles. The fourth-order valence-electron chi connectivity index (χ4n) is 5.00. The van der Waals surface area contributed by atoms with Crippen molar-refractivity contribution in [3.8, 4) is 5.75 Å². The molecule has 2 heterocycles. The molecule has 2 amide bonds. The van der Waals surface area contributed by atoms with Crippen molar-refractivity contribution in [2.24, 2.45) is 34.4 Å². The fourth-order valence-corrected chi connectivity index (χ4v) is 5.00. The van der Waals surface area contributed by atoms with Crippen molar-refractivity contribution in [1.82, 2.24) is 16.0 Å². The Morgan fingerprint density at radius 3 is 2.67 bits per heavy atom. The summed E-state index contributed by atoms with van der Waals surface area (Å²) in [4.78, 5) is 30.8. The third-order valence-corrected chi connectivity index (χ3v) is 6.75. The molecule has 1 aromatic carbocycles. The van der Waals surface area contributed by atoms with Crippen LogP contribution in [0, 0.1) is 23.7 Å². The van der Waals surface area contributed by atoms with E-state index in [2.05, 4.69) is 22.9 Å². The molecule has 3 rings (SSSR count). The Morgan fingerprint density at radius 1 is 1.27 bits per heavy atom. The van der Waals surface area contributed by atoms with E-state index in [1.54, 1.807) is 7.11 Å². The Balaban J connectivity index is 1.80. The second-order valence-electron chi connectivity index (χ2n) is 9.76. The Bertz CT molecular complexity index is 871. The second kappa shape index (κ2) is 11.0. The van der Waals surface area contributed by atoms with Gasteiger partial charge in [0.1, 0.15) is 11.6 Å². The Kier molecular flexibility index (Phi) is 8.35. The normalized spacial score (nSPS) is 29.8. The molecule has 1 saturated heterocycles. The van der Waals surface area contributed by atoms with E-state index in [0.717, 1.165) is 23.6 Å². The minimum Gasteiger partial charge on any atom is -0.497 e. The summed E-state index contributed by atoms with van der Waals surface area (Å²) in [6, 6.07) is 7.96. The number of hydrogen-bond acceptors (Lipinski definition) is 6. The fraction of sp³-hybridized carbons (Fsp3) is 0.640. The van der Waals surface area contributed by atoms with E-state index in [1.807, 2.05) is 45.0 Å². The van der Waals surface area contributed by atoms with Crippen molar-refractivity contribution in [3.63, 3.8) is 0 Å². The van der Waals surface area contributed by atoms with Crippen LogP contribution in [0.2, 0.25) is 0 Å². The van der Waals surface area contributed by atoms with Crippen LogP contribution >= 0.6 is 0 Å². The number of ether oxygens (including phenoxy) is 1. The lowest BCUT2D eigenvalue weighted by Gasteiger charge is -2.36. The zero-order chi connectivity index (χ0) is 24.1. The number of aliphatic imine (C=N–C) groups is 1. The van der Waals surface area contributed by atoms with Gasteiger partial charge in [0.2, 0.25) is 11.8 Å². The molecular weight excluding hydrogens is 418 g/mol. The van der Waals surface area contributed by atoms with Crippen LogP contribution in [0.5, 0.6) is 5.75 Å². The average Bonchev–Trinajstić information content (AvgIpc) is 2.77. The van der Waals surface area contributed by atoms with Crippen molar-refractivity contribution < 1.29 is 14.3 Å². The molecule has 2 aliphatic rings. The van der Waals surface area contributed by atoms with Gasteiger partial charge < -0.3 is 26.4 Å². The molecular formula is C25H39N5O3. The lowest BCUT2D eigenvalue weighted by atomic mass is 9.80. The van der Waals surface area contributed by atoms with E-state index in [9.17, 15) is 9.59 Å². The number of nitrogens with zero attached hydrogens (tertiary/aromatic N) is 1. The van der Waals surface area contributed by atoms with E-state index in [4.69, 9.17) is 15.5 Å². The van der Waals surface area contributed by atoms with Gasteiger partial charge in [0.15, 0.2) is 0 Å². The van der Waals surface area contributed by atoms with Crippen molar-refractivity contribution in [3.05, 3.63) is 29.8 Å². The van der Waals surface area contributed by atoms with E-state index in [0.29, 0.717) is 19.5 Å². The maximum atomic E-state index is 13.4. The zero-order valence-electron chi connectivity index (χ0n) is 20.4. The van der Waals surface area contributed by atoms with Crippen LogP contribution in [0.15, 0.2) is 29.3 Å². The first kappa shape index (κ1) is 25.0. The molecule has 0 radical (unpaired) electrons. The Labute approximate surface area is 197 Å². The number of carbonyl (C=O) groups is 2. The van der Waals surface area contributed by atoms with E-state index < -0.39 is 0 Å². The summed E-state index contributed by atoms with van der Waals surface area (Å²) >= 11 is 0. The number of benzene rings is 1. The van der Waals surface area contributed by atoms with Crippen LogP contribution < -0.4 is 26.4 Å². The average molecular weight is 458 g/mol. The monoisotopic (exact) mass is 457 g/mol. The number of methoxy groups -OCH3 is 1. The topological polar surface area (TPSA) is 118 Å².